The molecule has 0 atom stereocenters. The molecule has 0 aliphatic carbocycles. The molecule has 2 aromatic rings. The molecular weight excluding hydrogens is 336 g/mol. The van der Waals surface area contributed by atoms with Gasteiger partial charge in [0.15, 0.2) is 5.16 Å². The third-order valence-electron chi connectivity index (χ3n) is 3.66. The first-order valence-corrected chi connectivity index (χ1v) is 9.02. The highest BCUT2D eigenvalue weighted by atomic mass is 32.2. The number of carbonyl (C=O) groups excluding carboxylic acids is 1. The summed E-state index contributed by atoms with van der Waals surface area (Å²) in [7, 11) is 1.77. The van der Waals surface area contributed by atoms with E-state index in [0.29, 0.717) is 23.0 Å². The minimum atomic E-state index is -0.495. The Bertz CT molecular complexity index is 827. The summed E-state index contributed by atoms with van der Waals surface area (Å²) in [6.45, 7) is 2.78. The SMILES string of the molecule is CCCCN(C)C(=O)CSc1nc(-c2ccccc2)c(C#N)c(=O)[nH]1. The van der Waals surface area contributed by atoms with Gasteiger partial charge in [-0.1, -0.05) is 55.4 Å². The number of nitrogens with zero attached hydrogens (tertiary/aromatic N) is 3. The topological polar surface area (TPSA) is 89.8 Å². The van der Waals surface area contributed by atoms with Crippen LogP contribution in [0, 0.1) is 11.3 Å². The van der Waals surface area contributed by atoms with Gasteiger partial charge >= 0.3 is 0 Å². The van der Waals surface area contributed by atoms with Gasteiger partial charge < -0.3 is 9.88 Å². The maximum absolute atomic E-state index is 12.2. The molecule has 0 radical (unpaired) electrons. The second kappa shape index (κ2) is 9.04. The summed E-state index contributed by atoms with van der Waals surface area (Å²) in [6, 6.07) is 11.0. The maximum atomic E-state index is 12.2. The normalized spacial score (nSPS) is 10.3. The molecule has 1 aromatic carbocycles. The summed E-state index contributed by atoms with van der Waals surface area (Å²) >= 11 is 1.17. The minimum absolute atomic E-state index is 0.0216. The van der Waals surface area contributed by atoms with Gasteiger partial charge in [-0.25, -0.2) is 4.98 Å². The Hall–Kier alpha value is -2.59. The second-order valence-electron chi connectivity index (χ2n) is 5.53. The monoisotopic (exact) mass is 356 g/mol. The van der Waals surface area contributed by atoms with Crippen LogP contribution in [0.15, 0.2) is 40.3 Å². The van der Waals surface area contributed by atoms with Crippen LogP contribution in [0.4, 0.5) is 0 Å². The van der Waals surface area contributed by atoms with E-state index >= 15 is 0 Å². The molecule has 0 bridgehead atoms. The molecule has 6 nitrogen and oxygen atoms in total. The molecule has 130 valence electrons. The average Bonchev–Trinajstić information content (AvgIpc) is 2.64. The first-order chi connectivity index (χ1) is 12.1. The second-order valence-corrected chi connectivity index (χ2v) is 6.49. The van der Waals surface area contributed by atoms with Crippen molar-refractivity contribution < 1.29 is 4.79 Å². The van der Waals surface area contributed by atoms with Crippen LogP contribution in [0.1, 0.15) is 25.3 Å². The fraction of sp³-hybridized carbons (Fsp3) is 0.333. The number of benzene rings is 1. The molecule has 0 aliphatic heterocycles. The lowest BCUT2D eigenvalue weighted by atomic mass is 10.1. The van der Waals surface area contributed by atoms with E-state index in [0.717, 1.165) is 12.8 Å². The summed E-state index contributed by atoms with van der Waals surface area (Å²) in [4.78, 5) is 32.9. The molecule has 0 aliphatic rings. The molecule has 0 saturated heterocycles. The summed E-state index contributed by atoms with van der Waals surface area (Å²) in [5.41, 5.74) is 0.507. The molecule has 25 heavy (non-hydrogen) atoms. The van der Waals surface area contributed by atoms with Crippen LogP contribution in [0.25, 0.3) is 11.3 Å². The standard InChI is InChI=1S/C18H20N4O2S/c1-3-4-10-22(2)15(23)12-25-18-20-16(13-8-6-5-7-9-13)14(11-19)17(24)21-18/h5-9H,3-4,10,12H2,1-2H3,(H,20,21,24). The third kappa shape index (κ3) is 4.94. The number of aromatic nitrogens is 2. The van der Waals surface area contributed by atoms with E-state index in [-0.39, 0.29) is 17.2 Å². The lowest BCUT2D eigenvalue weighted by Gasteiger charge is -2.16. The zero-order chi connectivity index (χ0) is 18.2. The van der Waals surface area contributed by atoms with E-state index < -0.39 is 5.56 Å². The molecule has 1 heterocycles. The van der Waals surface area contributed by atoms with E-state index in [1.165, 1.54) is 11.8 Å². The van der Waals surface area contributed by atoms with Crippen LogP contribution in [-0.4, -0.2) is 40.1 Å². The molecule has 0 unspecified atom stereocenters. The average molecular weight is 356 g/mol. The van der Waals surface area contributed by atoms with Crippen molar-refractivity contribution in [1.29, 1.82) is 5.26 Å². The molecule has 1 N–H and O–H groups in total. The number of hydrogen-bond donors (Lipinski definition) is 1. The van der Waals surface area contributed by atoms with Gasteiger partial charge in [0, 0.05) is 19.2 Å². The Morgan fingerprint density at radius 3 is 2.72 bits per heavy atom. The van der Waals surface area contributed by atoms with Crippen molar-refractivity contribution in [3.63, 3.8) is 0 Å². The van der Waals surface area contributed by atoms with Gasteiger partial charge in [0.2, 0.25) is 5.91 Å². The summed E-state index contributed by atoms with van der Waals surface area (Å²) in [5, 5.41) is 9.58. The molecule has 0 fully saturated rings. The number of unbranched alkanes of at least 4 members (excludes halogenated alkanes) is 1. The highest BCUT2D eigenvalue weighted by Crippen LogP contribution is 2.21. The van der Waals surface area contributed by atoms with Crippen molar-refractivity contribution in [2.24, 2.45) is 0 Å². The maximum Gasteiger partial charge on any atom is 0.270 e. The Labute approximate surface area is 150 Å². The summed E-state index contributed by atoms with van der Waals surface area (Å²) < 4.78 is 0. The summed E-state index contributed by atoms with van der Waals surface area (Å²) in [5.74, 6) is 0.162. The van der Waals surface area contributed by atoms with Crippen molar-refractivity contribution in [3.8, 4) is 17.3 Å². The Morgan fingerprint density at radius 1 is 1.36 bits per heavy atom. The lowest BCUT2D eigenvalue weighted by Crippen LogP contribution is -2.29. The number of amides is 1. The number of nitriles is 1. The van der Waals surface area contributed by atoms with Crippen molar-refractivity contribution >= 4 is 17.7 Å². The van der Waals surface area contributed by atoms with E-state index in [2.05, 4.69) is 16.9 Å². The smallest absolute Gasteiger partial charge is 0.270 e. The number of thioether (sulfide) groups is 1. The van der Waals surface area contributed by atoms with Crippen molar-refractivity contribution in [3.05, 3.63) is 46.2 Å². The van der Waals surface area contributed by atoms with Crippen LogP contribution < -0.4 is 5.56 Å². The minimum Gasteiger partial charge on any atom is -0.345 e. The van der Waals surface area contributed by atoms with Crippen molar-refractivity contribution in [2.75, 3.05) is 19.3 Å². The molecule has 1 aromatic heterocycles. The number of rotatable bonds is 7. The Balaban J connectivity index is 2.20. The lowest BCUT2D eigenvalue weighted by molar-refractivity contribution is -0.127. The van der Waals surface area contributed by atoms with Gasteiger partial charge in [0.25, 0.3) is 5.56 Å². The highest BCUT2D eigenvalue weighted by molar-refractivity contribution is 7.99. The predicted octanol–water partition coefficient (Wildman–Crippen LogP) is 2.66. The van der Waals surface area contributed by atoms with Gasteiger partial charge in [0.1, 0.15) is 11.6 Å². The van der Waals surface area contributed by atoms with E-state index in [9.17, 15) is 14.9 Å². The highest BCUT2D eigenvalue weighted by Gasteiger charge is 2.15. The van der Waals surface area contributed by atoms with E-state index in [1.54, 1.807) is 24.1 Å². The van der Waals surface area contributed by atoms with Crippen LogP contribution in [0.3, 0.4) is 0 Å². The number of hydrogen-bond acceptors (Lipinski definition) is 5. The fourth-order valence-electron chi connectivity index (χ4n) is 2.19. The number of carbonyl (C=O) groups is 1. The molecule has 1 amide bonds. The molecule has 2 rings (SSSR count). The van der Waals surface area contributed by atoms with Crippen LogP contribution in [0.5, 0.6) is 0 Å². The number of nitrogens with one attached hydrogen (secondary N) is 1. The fourth-order valence-corrected chi connectivity index (χ4v) is 2.99. The summed E-state index contributed by atoms with van der Waals surface area (Å²) in [6.07, 6.45) is 1.98. The zero-order valence-corrected chi connectivity index (χ0v) is 15.1. The molecule has 7 heteroatoms. The van der Waals surface area contributed by atoms with Gasteiger partial charge in [-0.15, -0.1) is 0 Å². The Kier molecular flexibility index (Phi) is 6.78. The molecule has 0 spiro atoms. The van der Waals surface area contributed by atoms with Gasteiger partial charge in [-0.3, -0.25) is 9.59 Å². The zero-order valence-electron chi connectivity index (χ0n) is 14.3. The number of aromatic amines is 1. The quantitative estimate of drug-likeness (QED) is 0.608. The van der Waals surface area contributed by atoms with Crippen LogP contribution in [-0.2, 0) is 4.79 Å². The van der Waals surface area contributed by atoms with Gasteiger partial charge in [-0.05, 0) is 6.42 Å². The predicted molar refractivity (Wildman–Crippen MR) is 98.3 cm³/mol. The first-order valence-electron chi connectivity index (χ1n) is 8.03. The molecule has 0 saturated carbocycles. The number of H-pyrrole nitrogens is 1. The van der Waals surface area contributed by atoms with Crippen molar-refractivity contribution in [2.45, 2.75) is 24.9 Å². The largest absolute Gasteiger partial charge is 0.345 e. The van der Waals surface area contributed by atoms with Gasteiger partial charge in [-0.2, -0.15) is 5.26 Å². The van der Waals surface area contributed by atoms with Gasteiger partial charge in [0.05, 0.1) is 11.4 Å². The van der Waals surface area contributed by atoms with Crippen molar-refractivity contribution in [1.82, 2.24) is 14.9 Å². The van der Waals surface area contributed by atoms with E-state index in [1.807, 2.05) is 24.3 Å². The molecular formula is C18H20N4O2S. The van der Waals surface area contributed by atoms with Crippen LogP contribution >= 0.6 is 11.8 Å². The van der Waals surface area contributed by atoms with Crippen LogP contribution in [0.2, 0.25) is 0 Å². The third-order valence-corrected chi connectivity index (χ3v) is 4.52. The first kappa shape index (κ1) is 18.7. The Morgan fingerprint density at radius 2 is 2.08 bits per heavy atom. The van der Waals surface area contributed by atoms with E-state index in [4.69, 9.17) is 0 Å².